The number of carbonyl (C=O) groups is 2. The van der Waals surface area contributed by atoms with Crippen LogP contribution in [0.4, 0.5) is 5.82 Å². The highest BCUT2D eigenvalue weighted by molar-refractivity contribution is 5.92. The van der Waals surface area contributed by atoms with Crippen molar-refractivity contribution in [1.82, 2.24) is 15.1 Å². The van der Waals surface area contributed by atoms with Gasteiger partial charge in [-0.25, -0.2) is 4.79 Å². The molecule has 1 aliphatic heterocycles. The van der Waals surface area contributed by atoms with Crippen molar-refractivity contribution in [2.45, 2.75) is 31.7 Å². The Kier molecular flexibility index (Phi) is 4.11. The van der Waals surface area contributed by atoms with E-state index in [-0.39, 0.29) is 11.6 Å². The number of carboxylic acids is 1. The maximum atomic E-state index is 11.8. The lowest BCUT2D eigenvalue weighted by Crippen LogP contribution is -2.50. The van der Waals surface area contributed by atoms with Gasteiger partial charge < -0.3 is 14.9 Å². The number of aromatic nitrogens is 2. The van der Waals surface area contributed by atoms with E-state index in [4.69, 9.17) is 0 Å². The minimum Gasteiger partial charge on any atom is -0.479 e. The van der Waals surface area contributed by atoms with Crippen LogP contribution in [-0.4, -0.2) is 58.3 Å². The summed E-state index contributed by atoms with van der Waals surface area (Å²) in [6.07, 6.45) is 1.90. The fraction of sp³-hybridized carbons (Fsp3) is 0.571. The lowest BCUT2D eigenvalue weighted by molar-refractivity contribution is -0.143. The molecule has 0 bridgehead atoms. The van der Waals surface area contributed by atoms with Crippen molar-refractivity contribution >= 4 is 17.7 Å². The van der Waals surface area contributed by atoms with Crippen LogP contribution >= 0.6 is 0 Å². The Morgan fingerprint density at radius 3 is 2.57 bits per heavy atom. The quantitative estimate of drug-likeness (QED) is 0.891. The van der Waals surface area contributed by atoms with Crippen molar-refractivity contribution < 1.29 is 14.7 Å². The molecule has 0 spiro atoms. The van der Waals surface area contributed by atoms with Gasteiger partial charge in [-0.2, -0.15) is 0 Å². The molecule has 1 N–H and O–H groups in total. The van der Waals surface area contributed by atoms with E-state index in [1.165, 1.54) is 4.90 Å². The van der Waals surface area contributed by atoms with Gasteiger partial charge in [-0.05, 0) is 31.4 Å². The Labute approximate surface area is 123 Å². The summed E-state index contributed by atoms with van der Waals surface area (Å²) in [5.74, 6) is -0.555. The van der Waals surface area contributed by atoms with E-state index in [2.05, 4.69) is 10.2 Å². The molecule has 1 fully saturated rings. The first-order chi connectivity index (χ1) is 9.92. The maximum Gasteiger partial charge on any atom is 0.329 e. The number of hydrogen-bond acceptors (Lipinski definition) is 5. The number of aliphatic carboxylic acids is 1. The van der Waals surface area contributed by atoms with Crippen LogP contribution in [0.2, 0.25) is 0 Å². The van der Waals surface area contributed by atoms with Crippen molar-refractivity contribution in [1.29, 1.82) is 0 Å². The number of carboxylic acid groups (broad SMARTS) is 1. The second-order valence-electron chi connectivity index (χ2n) is 5.42. The molecule has 0 aromatic carbocycles. The molecule has 0 saturated carbocycles. The van der Waals surface area contributed by atoms with Crippen molar-refractivity contribution in [3.8, 4) is 0 Å². The van der Waals surface area contributed by atoms with E-state index in [9.17, 15) is 14.7 Å². The van der Waals surface area contributed by atoms with Gasteiger partial charge in [-0.3, -0.25) is 4.79 Å². The molecule has 1 saturated heterocycles. The standard InChI is InChI=1S/C14H20N4O3/c1-4-14(13(20)21)8-5-9-18(14)11-7-6-10(15-16-11)12(19)17(2)3/h6-7H,4-5,8-9H2,1-3H3,(H,20,21). The molecule has 2 heterocycles. The average molecular weight is 292 g/mol. The van der Waals surface area contributed by atoms with Crippen molar-refractivity contribution in [3.05, 3.63) is 17.8 Å². The summed E-state index contributed by atoms with van der Waals surface area (Å²) in [5, 5.41) is 17.5. The monoisotopic (exact) mass is 292 g/mol. The molecule has 1 aromatic rings. The fourth-order valence-corrected chi connectivity index (χ4v) is 2.77. The molecule has 21 heavy (non-hydrogen) atoms. The number of amides is 1. The highest BCUT2D eigenvalue weighted by Crippen LogP contribution is 2.35. The van der Waals surface area contributed by atoms with Gasteiger partial charge in [-0.1, -0.05) is 6.92 Å². The van der Waals surface area contributed by atoms with Crippen LogP contribution in [0.5, 0.6) is 0 Å². The van der Waals surface area contributed by atoms with Crippen LogP contribution in [0.15, 0.2) is 12.1 Å². The van der Waals surface area contributed by atoms with E-state index in [1.807, 2.05) is 6.92 Å². The fourth-order valence-electron chi connectivity index (χ4n) is 2.77. The van der Waals surface area contributed by atoms with Gasteiger partial charge in [0, 0.05) is 20.6 Å². The van der Waals surface area contributed by atoms with E-state index in [1.54, 1.807) is 31.1 Å². The van der Waals surface area contributed by atoms with Gasteiger partial charge >= 0.3 is 5.97 Å². The largest absolute Gasteiger partial charge is 0.479 e. The summed E-state index contributed by atoms with van der Waals surface area (Å²) in [6, 6.07) is 3.26. The van der Waals surface area contributed by atoms with Crippen LogP contribution in [0, 0.1) is 0 Å². The minimum absolute atomic E-state index is 0.226. The summed E-state index contributed by atoms with van der Waals surface area (Å²) in [4.78, 5) is 26.6. The Balaban J connectivity index is 2.30. The zero-order valence-electron chi connectivity index (χ0n) is 12.5. The minimum atomic E-state index is -0.915. The lowest BCUT2D eigenvalue weighted by atomic mass is 9.93. The zero-order valence-corrected chi connectivity index (χ0v) is 12.5. The number of carbonyl (C=O) groups excluding carboxylic acids is 1. The lowest BCUT2D eigenvalue weighted by Gasteiger charge is -2.34. The topological polar surface area (TPSA) is 86.6 Å². The Bertz CT molecular complexity index is 544. The molecule has 1 unspecified atom stereocenters. The van der Waals surface area contributed by atoms with Crippen LogP contribution in [0.25, 0.3) is 0 Å². The highest BCUT2D eigenvalue weighted by Gasteiger charge is 2.47. The number of hydrogen-bond donors (Lipinski definition) is 1. The summed E-state index contributed by atoms with van der Waals surface area (Å²) in [6.45, 7) is 2.50. The first-order valence-corrected chi connectivity index (χ1v) is 6.99. The molecule has 114 valence electrons. The summed E-state index contributed by atoms with van der Waals surface area (Å²) >= 11 is 0. The number of rotatable bonds is 4. The molecule has 0 radical (unpaired) electrons. The summed E-state index contributed by atoms with van der Waals surface area (Å²) < 4.78 is 0. The third-order valence-electron chi connectivity index (χ3n) is 4.02. The van der Waals surface area contributed by atoms with Gasteiger partial charge in [0.25, 0.3) is 5.91 Å². The van der Waals surface area contributed by atoms with Crippen molar-refractivity contribution in [2.24, 2.45) is 0 Å². The molecule has 1 amide bonds. The molecule has 1 aliphatic rings. The third kappa shape index (κ3) is 2.55. The van der Waals surface area contributed by atoms with E-state index in [0.29, 0.717) is 25.2 Å². The van der Waals surface area contributed by atoms with Gasteiger partial charge in [-0.15, -0.1) is 10.2 Å². The second-order valence-corrected chi connectivity index (χ2v) is 5.42. The molecular formula is C14H20N4O3. The number of nitrogens with zero attached hydrogens (tertiary/aromatic N) is 4. The zero-order chi connectivity index (χ0) is 15.6. The SMILES string of the molecule is CCC1(C(=O)O)CCCN1c1ccc(C(=O)N(C)C)nn1. The van der Waals surface area contributed by atoms with E-state index >= 15 is 0 Å². The van der Waals surface area contributed by atoms with Crippen LogP contribution in [-0.2, 0) is 4.79 Å². The summed E-state index contributed by atoms with van der Waals surface area (Å²) in [5.41, 5.74) is -0.665. The first-order valence-electron chi connectivity index (χ1n) is 6.99. The Morgan fingerprint density at radius 1 is 1.38 bits per heavy atom. The van der Waals surface area contributed by atoms with Crippen LogP contribution in [0.3, 0.4) is 0 Å². The second kappa shape index (κ2) is 5.67. The predicted octanol–water partition coefficient (Wildman–Crippen LogP) is 1.01. The van der Waals surface area contributed by atoms with E-state index < -0.39 is 11.5 Å². The molecule has 0 aliphatic carbocycles. The van der Waals surface area contributed by atoms with Crippen molar-refractivity contribution in [2.75, 3.05) is 25.5 Å². The first kappa shape index (κ1) is 15.2. The van der Waals surface area contributed by atoms with Gasteiger partial charge in [0.2, 0.25) is 0 Å². The normalized spacial score (nSPS) is 21.4. The molecule has 1 atom stereocenters. The smallest absolute Gasteiger partial charge is 0.329 e. The van der Waals surface area contributed by atoms with E-state index in [0.717, 1.165) is 6.42 Å². The molecular weight excluding hydrogens is 272 g/mol. The van der Waals surface area contributed by atoms with Gasteiger partial charge in [0.15, 0.2) is 11.5 Å². The average Bonchev–Trinajstić information content (AvgIpc) is 2.91. The van der Waals surface area contributed by atoms with Crippen molar-refractivity contribution in [3.63, 3.8) is 0 Å². The molecule has 2 rings (SSSR count). The Hall–Kier alpha value is -2.18. The summed E-state index contributed by atoms with van der Waals surface area (Å²) in [7, 11) is 3.29. The molecule has 1 aromatic heterocycles. The third-order valence-corrected chi connectivity index (χ3v) is 4.02. The number of anilines is 1. The van der Waals surface area contributed by atoms with Gasteiger partial charge in [0.1, 0.15) is 5.54 Å². The molecule has 7 heteroatoms. The predicted molar refractivity (Wildman–Crippen MR) is 77.3 cm³/mol. The Morgan fingerprint density at radius 2 is 2.10 bits per heavy atom. The maximum absolute atomic E-state index is 11.8. The van der Waals surface area contributed by atoms with Crippen LogP contribution in [0.1, 0.15) is 36.7 Å². The van der Waals surface area contributed by atoms with Crippen LogP contribution < -0.4 is 4.90 Å². The highest BCUT2D eigenvalue weighted by atomic mass is 16.4. The van der Waals surface area contributed by atoms with Gasteiger partial charge in [0.05, 0.1) is 0 Å². The molecule has 7 nitrogen and oxygen atoms in total.